The van der Waals surface area contributed by atoms with Gasteiger partial charge in [-0.2, -0.15) is 0 Å². The maximum atomic E-state index is 13.2. The third kappa shape index (κ3) is 9.21. The molecule has 5 nitrogen and oxygen atoms in total. The van der Waals surface area contributed by atoms with Crippen LogP contribution >= 0.6 is 0 Å². The molecule has 0 aliphatic carbocycles. The molecule has 5 aromatic rings. The van der Waals surface area contributed by atoms with Crippen molar-refractivity contribution in [2.75, 3.05) is 0 Å². The van der Waals surface area contributed by atoms with Crippen molar-refractivity contribution < 1.29 is 43.1 Å². The van der Waals surface area contributed by atoms with Crippen LogP contribution in [0, 0.1) is 35.4 Å². The molecular weight excluding hydrogens is 641 g/mol. The van der Waals surface area contributed by atoms with Crippen LogP contribution in [-0.2, 0) is 20.1 Å². The van der Waals surface area contributed by atoms with Crippen molar-refractivity contribution in [3.8, 4) is 22.5 Å². The van der Waals surface area contributed by atoms with Gasteiger partial charge in [0.1, 0.15) is 0 Å². The fourth-order valence-electron chi connectivity index (χ4n) is 2.52. The molecule has 0 aliphatic heterocycles. The van der Waals surface area contributed by atoms with Crippen molar-refractivity contribution in [3.63, 3.8) is 0 Å². The van der Waals surface area contributed by atoms with Crippen LogP contribution in [0.4, 0.5) is 17.6 Å². The van der Waals surface area contributed by atoms with Crippen molar-refractivity contribution in [2.24, 2.45) is 0 Å². The average molecular weight is 659 g/mol. The summed E-state index contributed by atoms with van der Waals surface area (Å²) in [4.78, 5) is 14.3. The van der Waals surface area contributed by atoms with Gasteiger partial charge in [0.2, 0.25) is 0 Å². The Morgan fingerprint density at radius 3 is 1.46 bits per heavy atom. The van der Waals surface area contributed by atoms with E-state index in [-0.39, 0.29) is 36.7 Å². The van der Waals surface area contributed by atoms with E-state index in [2.05, 4.69) is 32.1 Å². The van der Waals surface area contributed by atoms with Crippen LogP contribution < -0.4 is 0 Å². The maximum Gasteiger partial charge on any atom is 0.0919 e. The minimum atomic E-state index is -0.649. The van der Waals surface area contributed by atoms with Crippen LogP contribution in [-0.4, -0.2) is 25.4 Å². The van der Waals surface area contributed by atoms with Crippen LogP contribution in [0.5, 0.6) is 0 Å². The quantitative estimate of drug-likeness (QED) is 0.208. The van der Waals surface area contributed by atoms with Gasteiger partial charge in [-0.15, -0.1) is 24.3 Å². The average Bonchev–Trinajstić information content (AvgIpc) is 3.41. The second-order valence-corrected chi connectivity index (χ2v) is 6.27. The number of imidazole rings is 1. The van der Waals surface area contributed by atoms with Crippen molar-refractivity contribution in [3.05, 3.63) is 127 Å². The number of H-pyrrole nitrogens is 1. The fourth-order valence-corrected chi connectivity index (χ4v) is 2.52. The summed E-state index contributed by atoms with van der Waals surface area (Å²) in [5.74, 6) is -2.57. The van der Waals surface area contributed by atoms with Crippen LogP contribution in [0.2, 0.25) is 0 Å². The molecule has 35 heavy (non-hydrogen) atoms. The van der Waals surface area contributed by atoms with Gasteiger partial charge < -0.3 is 20.4 Å². The molecule has 1 radical (unpaired) electrons. The van der Waals surface area contributed by atoms with E-state index in [1.807, 2.05) is 0 Å². The van der Waals surface area contributed by atoms with Crippen LogP contribution in [0.3, 0.4) is 0 Å². The molecule has 0 spiro atoms. The van der Waals surface area contributed by atoms with Gasteiger partial charge in [0, 0.05) is 68.2 Å². The van der Waals surface area contributed by atoms with Crippen molar-refractivity contribution in [1.29, 1.82) is 0 Å². The molecule has 0 amide bonds. The fraction of sp³-hybridized carbons (Fsp3) is 0. The van der Waals surface area contributed by atoms with Gasteiger partial charge in [-0.05, 0) is 23.5 Å². The van der Waals surface area contributed by atoms with E-state index in [1.165, 1.54) is 0 Å². The predicted molar refractivity (Wildman–Crippen MR) is 119 cm³/mol. The van der Waals surface area contributed by atoms with E-state index in [9.17, 15) is 17.6 Å². The first-order chi connectivity index (χ1) is 16.0. The number of nitrogens with zero attached hydrogens (tertiary/aromatic N) is 3. The first-order valence-electron chi connectivity index (χ1n) is 9.53. The summed E-state index contributed by atoms with van der Waals surface area (Å²) < 4.78 is 51.6. The van der Waals surface area contributed by atoms with Gasteiger partial charge in [0.15, 0.2) is 0 Å². The molecule has 10 heteroatoms. The number of nitrogens with one attached hydrogen (secondary N) is 1. The molecule has 0 fully saturated rings. The summed E-state index contributed by atoms with van der Waals surface area (Å²) in [5, 5.41) is 0. The second kappa shape index (κ2) is 15.2. The Bertz CT molecular complexity index is 1160. The molecule has 2 aromatic carbocycles. The van der Waals surface area contributed by atoms with E-state index in [0.29, 0.717) is 11.4 Å². The first kappa shape index (κ1) is 29.3. The van der Waals surface area contributed by atoms with E-state index in [0.717, 1.165) is 24.3 Å². The molecule has 0 saturated heterocycles. The van der Waals surface area contributed by atoms with Gasteiger partial charge in [-0.3, -0.25) is 17.6 Å². The SMILES string of the molecule is Fc1c[c-]c(-c2ccccn2)c(F)c1.Fc1c[c-]c(-c2ccccn2)c(F)c1.O.[Ir].c1c[nH]cn1. The molecule has 0 unspecified atom stereocenters. The Balaban J connectivity index is 0.000000279. The smallest absolute Gasteiger partial charge is 0.0919 e. The number of halogens is 4. The Morgan fingerprint density at radius 2 is 1.17 bits per heavy atom. The van der Waals surface area contributed by atoms with Gasteiger partial charge in [-0.1, -0.05) is 47.5 Å². The largest absolute Gasteiger partial charge is 0.412 e. The number of aromatic nitrogens is 4. The minimum Gasteiger partial charge on any atom is -0.412 e. The minimum absolute atomic E-state index is 0. The number of hydrogen-bond acceptors (Lipinski definition) is 3. The maximum absolute atomic E-state index is 13.2. The topological polar surface area (TPSA) is 86.0 Å². The summed E-state index contributed by atoms with van der Waals surface area (Å²) in [5.41, 5.74) is 1.27. The van der Waals surface area contributed by atoms with E-state index >= 15 is 0 Å². The molecule has 0 bridgehead atoms. The Labute approximate surface area is 212 Å². The Morgan fingerprint density at radius 1 is 0.686 bits per heavy atom. The van der Waals surface area contributed by atoms with Gasteiger partial charge in [0.25, 0.3) is 0 Å². The Kier molecular flexibility index (Phi) is 12.8. The zero-order valence-corrected chi connectivity index (χ0v) is 20.2. The molecule has 0 aliphatic rings. The summed E-state index contributed by atoms with van der Waals surface area (Å²) in [6.07, 6.45) is 8.18. The first-order valence-corrected chi connectivity index (χ1v) is 9.53. The molecule has 3 heterocycles. The van der Waals surface area contributed by atoms with Crippen molar-refractivity contribution in [2.45, 2.75) is 0 Å². The summed E-state index contributed by atoms with van der Waals surface area (Å²) in [7, 11) is 0. The van der Waals surface area contributed by atoms with Gasteiger partial charge in [0.05, 0.1) is 6.33 Å². The van der Waals surface area contributed by atoms with Crippen LogP contribution in [0.1, 0.15) is 0 Å². The van der Waals surface area contributed by atoms with Crippen molar-refractivity contribution >= 4 is 0 Å². The van der Waals surface area contributed by atoms with E-state index in [4.69, 9.17) is 0 Å². The number of pyridine rings is 2. The predicted octanol–water partition coefficient (Wildman–Crippen LogP) is 5.24. The van der Waals surface area contributed by atoms with Crippen LogP contribution in [0.25, 0.3) is 22.5 Å². The normalized spacial score (nSPS) is 9.26. The van der Waals surface area contributed by atoms with Gasteiger partial charge in [-0.25, -0.2) is 4.98 Å². The zero-order chi connectivity index (χ0) is 23.5. The van der Waals surface area contributed by atoms with E-state index in [1.54, 1.807) is 67.5 Å². The third-order valence-corrected chi connectivity index (χ3v) is 3.96. The third-order valence-electron chi connectivity index (χ3n) is 3.96. The standard InChI is InChI=1S/2C11H6F2N.C3H4N2.Ir.H2O/c2*12-8-4-5-9(10(13)7-8)11-3-1-2-6-14-11;1-2-5-3-4-1;;/h2*1-4,6-7H;1-3H,(H,4,5);;1H2/q2*-1;;;. The molecule has 3 aromatic heterocycles. The monoisotopic (exact) mass is 659 g/mol. The molecule has 0 atom stereocenters. The number of hydrogen-bond donors (Lipinski definition) is 1. The summed E-state index contributed by atoms with van der Waals surface area (Å²) >= 11 is 0. The Hall–Kier alpha value is -3.72. The molecular formula is C25H18F4IrN4O-2. The zero-order valence-electron chi connectivity index (χ0n) is 17.8. The second-order valence-electron chi connectivity index (χ2n) is 6.27. The van der Waals surface area contributed by atoms with Gasteiger partial charge >= 0.3 is 0 Å². The summed E-state index contributed by atoms with van der Waals surface area (Å²) in [6, 6.07) is 19.1. The molecule has 5 rings (SSSR count). The van der Waals surface area contributed by atoms with Crippen LogP contribution in [0.15, 0.2) is 91.8 Å². The summed E-state index contributed by atoms with van der Waals surface area (Å²) in [6.45, 7) is 0. The molecule has 0 saturated carbocycles. The van der Waals surface area contributed by atoms with E-state index < -0.39 is 23.3 Å². The molecule has 3 N–H and O–H groups in total. The number of aromatic amines is 1. The number of benzene rings is 2. The van der Waals surface area contributed by atoms with Crippen molar-refractivity contribution in [1.82, 2.24) is 19.9 Å². The molecule has 183 valence electrons. The number of rotatable bonds is 2.